The lowest BCUT2D eigenvalue weighted by molar-refractivity contribution is -0.124. The first-order valence-electron chi connectivity index (χ1n) is 12.4. The van der Waals surface area contributed by atoms with Gasteiger partial charge < -0.3 is 19.2 Å². The van der Waals surface area contributed by atoms with E-state index in [4.69, 9.17) is 13.9 Å². The van der Waals surface area contributed by atoms with E-state index in [0.717, 1.165) is 11.3 Å². The van der Waals surface area contributed by atoms with E-state index in [1.165, 1.54) is 0 Å². The SMILES string of the molecule is CC(C)(C)OC(=O)N[C@@H](COCc1ccccc1)C(=O)NNc1cccc(CO[Si](C)(C)C(C)(C)C)n1. The summed E-state index contributed by atoms with van der Waals surface area (Å²) < 4.78 is 17.3. The molecule has 1 heterocycles. The fourth-order valence-electron chi connectivity index (χ4n) is 2.81. The van der Waals surface area contributed by atoms with Crippen molar-refractivity contribution in [2.45, 2.75) is 84.5 Å². The largest absolute Gasteiger partial charge is 0.444 e. The molecule has 0 radical (unpaired) electrons. The van der Waals surface area contributed by atoms with Gasteiger partial charge in [-0.15, -0.1) is 0 Å². The molecule has 2 amide bonds. The van der Waals surface area contributed by atoms with Crippen LogP contribution in [0.25, 0.3) is 0 Å². The van der Waals surface area contributed by atoms with Crippen molar-refractivity contribution in [3.05, 3.63) is 59.8 Å². The topological polar surface area (TPSA) is 111 Å². The number of carbonyl (C=O) groups excluding carboxylic acids is 2. The van der Waals surface area contributed by atoms with E-state index in [1.54, 1.807) is 26.8 Å². The Morgan fingerprint density at radius 3 is 2.24 bits per heavy atom. The molecule has 1 atom stereocenters. The number of nitrogens with zero attached hydrogens (tertiary/aromatic N) is 1. The number of aromatic nitrogens is 1. The molecular weight excluding hydrogens is 488 g/mol. The summed E-state index contributed by atoms with van der Waals surface area (Å²) in [5.41, 5.74) is 6.43. The third-order valence-corrected chi connectivity index (χ3v) is 10.4. The number of carbonyl (C=O) groups is 2. The molecule has 0 fully saturated rings. The summed E-state index contributed by atoms with van der Waals surface area (Å²) in [5.74, 6) is -0.0467. The number of alkyl carbamates (subject to hydrolysis) is 1. The summed E-state index contributed by atoms with van der Waals surface area (Å²) in [6, 6.07) is 14.0. The van der Waals surface area contributed by atoms with Crippen molar-refractivity contribution in [2.75, 3.05) is 12.0 Å². The number of hydrogen-bond acceptors (Lipinski definition) is 7. The molecule has 2 rings (SSSR count). The number of rotatable bonds is 11. The molecule has 1 aromatic heterocycles. The van der Waals surface area contributed by atoms with Gasteiger partial charge in [0.15, 0.2) is 8.32 Å². The van der Waals surface area contributed by atoms with Crippen molar-refractivity contribution in [2.24, 2.45) is 0 Å². The van der Waals surface area contributed by atoms with Crippen LogP contribution in [0.15, 0.2) is 48.5 Å². The Morgan fingerprint density at radius 1 is 0.946 bits per heavy atom. The van der Waals surface area contributed by atoms with Crippen LogP contribution in [0.2, 0.25) is 18.1 Å². The fraction of sp³-hybridized carbons (Fsp3) is 0.519. The van der Waals surface area contributed by atoms with Gasteiger partial charge in [-0.05, 0) is 56.6 Å². The first-order chi connectivity index (χ1) is 17.2. The lowest BCUT2D eigenvalue weighted by Crippen LogP contribution is -2.51. The lowest BCUT2D eigenvalue weighted by Gasteiger charge is -2.36. The number of nitrogens with one attached hydrogen (secondary N) is 3. The van der Waals surface area contributed by atoms with Crippen LogP contribution in [0.4, 0.5) is 10.6 Å². The number of anilines is 1. The highest BCUT2D eigenvalue weighted by Gasteiger charge is 2.37. The third-order valence-electron chi connectivity index (χ3n) is 5.91. The van der Waals surface area contributed by atoms with Crippen molar-refractivity contribution in [3.63, 3.8) is 0 Å². The summed E-state index contributed by atoms with van der Waals surface area (Å²) in [6.45, 7) is 16.8. The van der Waals surface area contributed by atoms with Crippen molar-refractivity contribution < 1.29 is 23.5 Å². The molecular formula is C27H42N4O5Si. The second-order valence-electron chi connectivity index (χ2n) is 11.4. The maximum Gasteiger partial charge on any atom is 0.408 e. The van der Waals surface area contributed by atoms with Crippen molar-refractivity contribution >= 4 is 26.1 Å². The van der Waals surface area contributed by atoms with Crippen LogP contribution in [0.3, 0.4) is 0 Å². The molecule has 0 bridgehead atoms. The molecule has 2 aromatic rings. The molecule has 0 aliphatic carbocycles. The zero-order valence-electron chi connectivity index (χ0n) is 23.3. The monoisotopic (exact) mass is 530 g/mol. The second-order valence-corrected chi connectivity index (χ2v) is 16.2. The Bertz CT molecular complexity index is 1020. The Hall–Kier alpha value is -2.95. The normalized spacial score (nSPS) is 13.0. The highest BCUT2D eigenvalue weighted by molar-refractivity contribution is 6.74. The van der Waals surface area contributed by atoms with Crippen molar-refractivity contribution in [1.82, 2.24) is 15.7 Å². The van der Waals surface area contributed by atoms with Crippen LogP contribution < -0.4 is 16.2 Å². The van der Waals surface area contributed by atoms with E-state index < -0.39 is 32.0 Å². The molecule has 0 spiro atoms. The first-order valence-corrected chi connectivity index (χ1v) is 15.3. The second kappa shape index (κ2) is 13.0. The van der Waals surface area contributed by atoms with E-state index >= 15 is 0 Å². The molecule has 0 saturated carbocycles. The molecule has 3 N–H and O–H groups in total. The summed E-state index contributed by atoms with van der Waals surface area (Å²) in [6.07, 6.45) is -0.709. The quantitative estimate of drug-likeness (QED) is 0.272. The minimum Gasteiger partial charge on any atom is -0.444 e. The predicted molar refractivity (Wildman–Crippen MR) is 147 cm³/mol. The smallest absolute Gasteiger partial charge is 0.408 e. The van der Waals surface area contributed by atoms with Gasteiger partial charge in [0.2, 0.25) is 0 Å². The van der Waals surface area contributed by atoms with E-state index in [-0.39, 0.29) is 11.6 Å². The number of amides is 2. The number of pyridine rings is 1. The fourth-order valence-corrected chi connectivity index (χ4v) is 3.76. The molecule has 0 aliphatic rings. The van der Waals surface area contributed by atoms with Gasteiger partial charge in [-0.2, -0.15) is 0 Å². The Labute approximate surface area is 221 Å². The van der Waals surface area contributed by atoms with Gasteiger partial charge in [-0.25, -0.2) is 9.78 Å². The highest BCUT2D eigenvalue weighted by Crippen LogP contribution is 2.37. The van der Waals surface area contributed by atoms with Crippen LogP contribution in [0.1, 0.15) is 52.8 Å². The summed E-state index contributed by atoms with van der Waals surface area (Å²) in [5, 5.41) is 2.68. The van der Waals surface area contributed by atoms with Gasteiger partial charge in [0.25, 0.3) is 5.91 Å². The molecule has 9 nitrogen and oxygen atoms in total. The minimum atomic E-state index is -1.92. The Balaban J connectivity index is 1.99. The minimum absolute atomic E-state index is 0.0462. The number of ether oxygens (including phenoxy) is 2. The highest BCUT2D eigenvalue weighted by atomic mass is 28.4. The molecule has 0 unspecified atom stereocenters. The molecule has 0 aliphatic heterocycles. The van der Waals surface area contributed by atoms with Crippen LogP contribution in [0.5, 0.6) is 0 Å². The van der Waals surface area contributed by atoms with Crippen molar-refractivity contribution in [1.29, 1.82) is 0 Å². The van der Waals surface area contributed by atoms with E-state index in [1.807, 2.05) is 42.5 Å². The van der Waals surface area contributed by atoms with Crippen LogP contribution in [-0.2, 0) is 31.9 Å². The third kappa shape index (κ3) is 10.9. The number of hydrazine groups is 1. The van der Waals surface area contributed by atoms with E-state index in [2.05, 4.69) is 55.0 Å². The van der Waals surface area contributed by atoms with E-state index in [0.29, 0.717) is 19.0 Å². The summed E-state index contributed by atoms with van der Waals surface area (Å²) in [7, 11) is -1.92. The van der Waals surface area contributed by atoms with Crippen LogP contribution >= 0.6 is 0 Å². The molecule has 10 heteroatoms. The molecule has 0 saturated heterocycles. The summed E-state index contributed by atoms with van der Waals surface area (Å²) >= 11 is 0. The van der Waals surface area contributed by atoms with E-state index in [9.17, 15) is 9.59 Å². The zero-order valence-corrected chi connectivity index (χ0v) is 24.3. The Kier molecular flexibility index (Phi) is 10.7. The first kappa shape index (κ1) is 30.3. The zero-order chi connectivity index (χ0) is 27.7. The van der Waals surface area contributed by atoms with Crippen LogP contribution in [-0.4, -0.2) is 43.6 Å². The Morgan fingerprint density at radius 2 is 1.62 bits per heavy atom. The average molecular weight is 531 g/mol. The average Bonchev–Trinajstić information content (AvgIpc) is 2.80. The lowest BCUT2D eigenvalue weighted by atomic mass is 10.2. The predicted octanol–water partition coefficient (Wildman–Crippen LogP) is 5.16. The molecule has 204 valence electrons. The van der Waals surface area contributed by atoms with Gasteiger partial charge in [-0.1, -0.05) is 57.2 Å². The molecule has 37 heavy (non-hydrogen) atoms. The maximum atomic E-state index is 12.9. The standard InChI is InChI=1S/C27H42N4O5Si/c1-26(2,3)36-25(33)29-22(19-34-17-20-13-10-9-11-14-20)24(32)31-30-23-16-12-15-21(28-23)18-35-37(7,8)27(4,5)6/h9-16,22H,17-19H2,1-8H3,(H,28,30)(H,29,33)(H,31,32)/t22-/m0/s1. The van der Waals surface area contributed by atoms with Gasteiger partial charge in [-0.3, -0.25) is 15.6 Å². The van der Waals surface area contributed by atoms with Gasteiger partial charge in [0.05, 0.1) is 25.5 Å². The van der Waals surface area contributed by atoms with Crippen LogP contribution in [0, 0.1) is 0 Å². The van der Waals surface area contributed by atoms with Crippen molar-refractivity contribution in [3.8, 4) is 0 Å². The number of hydrogen-bond donors (Lipinski definition) is 3. The van der Waals surface area contributed by atoms with Gasteiger partial charge in [0, 0.05) is 0 Å². The molecule has 1 aromatic carbocycles. The summed E-state index contributed by atoms with van der Waals surface area (Å²) in [4.78, 5) is 29.8. The number of benzene rings is 1. The van der Waals surface area contributed by atoms with Gasteiger partial charge >= 0.3 is 6.09 Å². The van der Waals surface area contributed by atoms with Gasteiger partial charge in [0.1, 0.15) is 17.5 Å². The maximum absolute atomic E-state index is 12.9.